The highest BCUT2D eigenvalue weighted by Gasteiger charge is 2.31. The number of H-pyrrole nitrogens is 1. The molecule has 4 heteroatoms. The van der Waals surface area contributed by atoms with Gasteiger partial charge in [0.15, 0.2) is 0 Å². The first-order valence-electron chi connectivity index (χ1n) is 6.17. The summed E-state index contributed by atoms with van der Waals surface area (Å²) in [7, 11) is 0. The highest BCUT2D eigenvalue weighted by molar-refractivity contribution is 5.98. The molecule has 0 saturated heterocycles. The van der Waals surface area contributed by atoms with Gasteiger partial charge in [0, 0.05) is 29.3 Å². The number of benzene rings is 1. The molecule has 2 aliphatic rings. The Hall–Kier alpha value is -1.68. The molecule has 0 unspecified atom stereocenters. The van der Waals surface area contributed by atoms with Crippen molar-refractivity contribution < 1.29 is 8.78 Å². The average Bonchev–Trinajstić information content (AvgIpc) is 2.78. The molecular weight excluding hydrogens is 234 g/mol. The Bertz CT molecular complexity index is 685. The van der Waals surface area contributed by atoms with E-state index >= 15 is 0 Å². The van der Waals surface area contributed by atoms with Gasteiger partial charge in [-0.1, -0.05) is 6.08 Å². The second-order valence-electron chi connectivity index (χ2n) is 4.94. The van der Waals surface area contributed by atoms with E-state index in [4.69, 9.17) is 0 Å². The fraction of sp³-hybridized carbons (Fsp3) is 0.286. The van der Waals surface area contributed by atoms with E-state index in [9.17, 15) is 8.78 Å². The minimum Gasteiger partial charge on any atom is -0.358 e. The summed E-state index contributed by atoms with van der Waals surface area (Å²) < 4.78 is 27.8. The van der Waals surface area contributed by atoms with Crippen LogP contribution in [-0.4, -0.2) is 17.6 Å². The second-order valence-corrected chi connectivity index (χ2v) is 4.94. The summed E-state index contributed by atoms with van der Waals surface area (Å²) in [5.41, 5.74) is 2.98. The quantitative estimate of drug-likeness (QED) is 0.735. The zero-order valence-electron chi connectivity index (χ0n) is 9.69. The first kappa shape index (κ1) is 10.3. The molecule has 2 heterocycles. The van der Waals surface area contributed by atoms with Gasteiger partial charge >= 0.3 is 0 Å². The minimum absolute atomic E-state index is 0.158. The Balaban J connectivity index is 2.13. The van der Waals surface area contributed by atoms with E-state index in [1.54, 1.807) is 6.20 Å². The molecular formula is C14H12F2N2. The molecule has 0 spiro atoms. The van der Waals surface area contributed by atoms with E-state index in [2.05, 4.69) is 16.4 Å². The van der Waals surface area contributed by atoms with E-state index < -0.39 is 11.6 Å². The summed E-state index contributed by atoms with van der Waals surface area (Å²) >= 11 is 0. The smallest absolute Gasteiger partial charge is 0.150 e. The maximum absolute atomic E-state index is 14.1. The van der Waals surface area contributed by atoms with Gasteiger partial charge in [0.05, 0.1) is 5.52 Å². The van der Waals surface area contributed by atoms with Crippen LogP contribution in [0.1, 0.15) is 17.5 Å². The first-order valence-corrected chi connectivity index (χ1v) is 6.17. The van der Waals surface area contributed by atoms with Crippen LogP contribution >= 0.6 is 0 Å². The lowest BCUT2D eigenvalue weighted by molar-refractivity contribution is 0.564. The van der Waals surface area contributed by atoms with E-state index in [1.165, 1.54) is 0 Å². The standard InChI is InChI=1S/C14H12F2N2/c15-9-5-10(16)14-12-7(6-18-14)4-11-8(13(9)12)2-1-3-17-11/h2,5-6,11,17-18H,1,3-4H2/t11-/m1/s1. The van der Waals surface area contributed by atoms with Gasteiger partial charge in [-0.05, 0) is 30.5 Å². The molecule has 1 aromatic carbocycles. The maximum atomic E-state index is 14.1. The van der Waals surface area contributed by atoms with Gasteiger partial charge in [0.1, 0.15) is 11.6 Å². The van der Waals surface area contributed by atoms with Gasteiger partial charge in [0.25, 0.3) is 0 Å². The van der Waals surface area contributed by atoms with Crippen molar-refractivity contribution in [2.75, 3.05) is 6.54 Å². The molecule has 2 aromatic rings. The van der Waals surface area contributed by atoms with Gasteiger partial charge in [-0.25, -0.2) is 8.78 Å². The normalized spacial score (nSPS) is 21.9. The zero-order valence-corrected chi connectivity index (χ0v) is 9.69. The Morgan fingerprint density at radius 2 is 2.11 bits per heavy atom. The van der Waals surface area contributed by atoms with Crippen LogP contribution in [-0.2, 0) is 6.42 Å². The number of hydrogen-bond donors (Lipinski definition) is 2. The molecule has 0 amide bonds. The summed E-state index contributed by atoms with van der Waals surface area (Å²) in [6.07, 6.45) is 5.56. The van der Waals surface area contributed by atoms with Crippen molar-refractivity contribution in [1.29, 1.82) is 0 Å². The minimum atomic E-state index is -0.514. The van der Waals surface area contributed by atoms with Crippen molar-refractivity contribution >= 4 is 16.5 Å². The van der Waals surface area contributed by atoms with Crippen LogP contribution in [0.3, 0.4) is 0 Å². The van der Waals surface area contributed by atoms with Crippen molar-refractivity contribution in [3.05, 3.63) is 41.1 Å². The number of rotatable bonds is 0. The molecule has 1 aromatic heterocycles. The number of halogens is 2. The predicted octanol–water partition coefficient (Wildman–Crippen LogP) is 2.75. The molecule has 1 aliphatic carbocycles. The van der Waals surface area contributed by atoms with Crippen molar-refractivity contribution in [3.8, 4) is 0 Å². The molecule has 0 bridgehead atoms. The Morgan fingerprint density at radius 3 is 3.00 bits per heavy atom. The first-order chi connectivity index (χ1) is 8.75. The topological polar surface area (TPSA) is 27.8 Å². The fourth-order valence-electron chi connectivity index (χ4n) is 3.17. The lowest BCUT2D eigenvalue weighted by Crippen LogP contribution is -2.37. The van der Waals surface area contributed by atoms with Crippen molar-refractivity contribution in [2.45, 2.75) is 18.9 Å². The number of fused-ring (bicyclic) bond motifs is 2. The summed E-state index contributed by atoms with van der Waals surface area (Å²) in [4.78, 5) is 2.93. The Kier molecular flexibility index (Phi) is 1.95. The number of aromatic nitrogens is 1. The fourth-order valence-corrected chi connectivity index (χ4v) is 3.17. The monoisotopic (exact) mass is 246 g/mol. The highest BCUT2D eigenvalue weighted by Crippen LogP contribution is 2.40. The van der Waals surface area contributed by atoms with Crippen LogP contribution in [0.5, 0.6) is 0 Å². The highest BCUT2D eigenvalue weighted by atomic mass is 19.1. The van der Waals surface area contributed by atoms with E-state index in [0.717, 1.165) is 42.0 Å². The predicted molar refractivity (Wildman–Crippen MR) is 66.3 cm³/mol. The van der Waals surface area contributed by atoms with Gasteiger partial charge in [0.2, 0.25) is 0 Å². The van der Waals surface area contributed by atoms with E-state index in [-0.39, 0.29) is 6.04 Å². The van der Waals surface area contributed by atoms with Crippen LogP contribution in [0.4, 0.5) is 8.78 Å². The summed E-state index contributed by atoms with van der Waals surface area (Å²) in [5, 5.41) is 4.11. The molecule has 0 radical (unpaired) electrons. The average molecular weight is 246 g/mol. The van der Waals surface area contributed by atoms with Crippen molar-refractivity contribution in [2.24, 2.45) is 0 Å². The number of nitrogens with one attached hydrogen (secondary N) is 2. The molecule has 0 fully saturated rings. The zero-order chi connectivity index (χ0) is 12.3. The molecule has 1 atom stereocenters. The van der Waals surface area contributed by atoms with Crippen LogP contribution in [0.2, 0.25) is 0 Å². The van der Waals surface area contributed by atoms with Gasteiger partial charge in [-0.3, -0.25) is 0 Å². The third kappa shape index (κ3) is 1.18. The maximum Gasteiger partial charge on any atom is 0.150 e. The van der Waals surface area contributed by atoms with Gasteiger partial charge in [-0.2, -0.15) is 0 Å². The van der Waals surface area contributed by atoms with E-state index in [1.807, 2.05) is 0 Å². The molecule has 0 saturated carbocycles. The third-order valence-corrected chi connectivity index (χ3v) is 3.93. The van der Waals surface area contributed by atoms with Crippen LogP contribution in [0, 0.1) is 11.6 Å². The number of hydrogen-bond acceptors (Lipinski definition) is 1. The van der Waals surface area contributed by atoms with Crippen LogP contribution < -0.4 is 5.32 Å². The van der Waals surface area contributed by atoms with Crippen molar-refractivity contribution in [3.63, 3.8) is 0 Å². The molecule has 2 N–H and O–H groups in total. The van der Waals surface area contributed by atoms with Gasteiger partial charge in [-0.15, -0.1) is 0 Å². The van der Waals surface area contributed by atoms with Crippen molar-refractivity contribution in [1.82, 2.24) is 10.3 Å². The lowest BCUT2D eigenvalue weighted by Gasteiger charge is -2.30. The third-order valence-electron chi connectivity index (χ3n) is 3.93. The Morgan fingerprint density at radius 1 is 1.22 bits per heavy atom. The summed E-state index contributed by atoms with van der Waals surface area (Å²) in [5.74, 6) is -0.971. The molecule has 1 aliphatic heterocycles. The molecule has 2 nitrogen and oxygen atoms in total. The largest absolute Gasteiger partial charge is 0.358 e. The molecule has 18 heavy (non-hydrogen) atoms. The van der Waals surface area contributed by atoms with Gasteiger partial charge < -0.3 is 10.3 Å². The van der Waals surface area contributed by atoms with Crippen LogP contribution in [0.15, 0.2) is 18.3 Å². The molecule has 4 rings (SSSR count). The number of aromatic amines is 1. The van der Waals surface area contributed by atoms with E-state index in [0.29, 0.717) is 11.1 Å². The lowest BCUT2D eigenvalue weighted by atomic mass is 9.82. The Labute approximate surface area is 103 Å². The van der Waals surface area contributed by atoms with Crippen LogP contribution in [0.25, 0.3) is 16.5 Å². The summed E-state index contributed by atoms with van der Waals surface area (Å²) in [6.45, 7) is 0.917. The SMILES string of the molecule is Fc1cc(F)c2[nH]cc3c2c1C1=CCCN[C@@H]1C3. The molecule has 92 valence electrons. The second kappa shape index (κ2) is 3.42. The summed E-state index contributed by atoms with van der Waals surface area (Å²) in [6, 6.07) is 1.14.